The zero-order valence-corrected chi connectivity index (χ0v) is 13.0. The van der Waals surface area contributed by atoms with Crippen LogP contribution in [0.25, 0.3) is 0 Å². The first-order chi connectivity index (χ1) is 10.1. The molecule has 1 N–H and O–H groups in total. The molecule has 1 heterocycles. The molecule has 0 atom stereocenters. The Bertz CT molecular complexity index is 512. The third-order valence-corrected chi connectivity index (χ3v) is 5.21. The molecule has 0 unspecified atom stereocenters. The second kappa shape index (κ2) is 5.84. The van der Waals surface area contributed by atoms with Gasteiger partial charge in [0.1, 0.15) is 0 Å². The lowest BCUT2D eigenvalue weighted by molar-refractivity contribution is 0.0321. The van der Waals surface area contributed by atoms with Gasteiger partial charge in [0.2, 0.25) is 0 Å². The molecule has 21 heavy (non-hydrogen) atoms. The predicted octanol–water partition coefficient (Wildman–Crippen LogP) is 3.09. The minimum absolute atomic E-state index is 0.0479. The van der Waals surface area contributed by atoms with E-state index in [4.69, 9.17) is 9.15 Å². The average molecular weight is 291 g/mol. The van der Waals surface area contributed by atoms with E-state index in [9.17, 15) is 4.79 Å². The van der Waals surface area contributed by atoms with Gasteiger partial charge in [0.25, 0.3) is 5.91 Å². The molecule has 4 nitrogen and oxygen atoms in total. The quantitative estimate of drug-likeness (QED) is 0.927. The second-order valence-corrected chi connectivity index (χ2v) is 6.85. The summed E-state index contributed by atoms with van der Waals surface area (Å²) in [5.74, 6) is 0.491. The molecule has 2 aliphatic carbocycles. The zero-order valence-electron chi connectivity index (χ0n) is 13.0. The van der Waals surface area contributed by atoms with Crippen molar-refractivity contribution in [1.29, 1.82) is 0 Å². The van der Waals surface area contributed by atoms with Crippen molar-refractivity contribution < 1.29 is 13.9 Å². The van der Waals surface area contributed by atoms with E-state index in [1.807, 2.05) is 0 Å². The van der Waals surface area contributed by atoms with Crippen LogP contribution in [0.4, 0.5) is 0 Å². The van der Waals surface area contributed by atoms with Crippen LogP contribution in [-0.4, -0.2) is 25.7 Å². The highest BCUT2D eigenvalue weighted by atomic mass is 16.5. The summed E-state index contributed by atoms with van der Waals surface area (Å²) in [6.45, 7) is 2.98. The van der Waals surface area contributed by atoms with Crippen molar-refractivity contribution in [1.82, 2.24) is 5.32 Å². The SMILES string of the molecule is COC1CCC(C)(CNC(=O)c2occ3c2CCC3)CC1. The minimum Gasteiger partial charge on any atom is -0.459 e. The summed E-state index contributed by atoms with van der Waals surface area (Å²) >= 11 is 0. The van der Waals surface area contributed by atoms with Crippen molar-refractivity contribution in [3.8, 4) is 0 Å². The Balaban J connectivity index is 1.56. The van der Waals surface area contributed by atoms with Crippen LogP contribution in [0.2, 0.25) is 0 Å². The lowest BCUT2D eigenvalue weighted by Gasteiger charge is -2.36. The Morgan fingerprint density at radius 1 is 1.43 bits per heavy atom. The number of furan rings is 1. The van der Waals surface area contributed by atoms with Crippen molar-refractivity contribution in [2.75, 3.05) is 13.7 Å². The maximum Gasteiger partial charge on any atom is 0.287 e. The third kappa shape index (κ3) is 3.00. The molecular formula is C17H25NO3. The fourth-order valence-electron chi connectivity index (χ4n) is 3.62. The number of hydrogen-bond donors (Lipinski definition) is 1. The summed E-state index contributed by atoms with van der Waals surface area (Å²) in [6, 6.07) is 0. The van der Waals surface area contributed by atoms with Crippen molar-refractivity contribution in [3.63, 3.8) is 0 Å². The summed E-state index contributed by atoms with van der Waals surface area (Å²) in [5, 5.41) is 3.08. The van der Waals surface area contributed by atoms with E-state index in [0.717, 1.165) is 57.1 Å². The van der Waals surface area contributed by atoms with Gasteiger partial charge >= 0.3 is 0 Å². The first-order valence-corrected chi connectivity index (χ1v) is 8.01. The summed E-state index contributed by atoms with van der Waals surface area (Å²) in [7, 11) is 1.78. The molecule has 0 radical (unpaired) electrons. The van der Waals surface area contributed by atoms with Gasteiger partial charge < -0.3 is 14.5 Å². The monoisotopic (exact) mass is 291 g/mol. The van der Waals surface area contributed by atoms with Gasteiger partial charge in [-0.05, 0) is 55.9 Å². The van der Waals surface area contributed by atoms with Crippen molar-refractivity contribution >= 4 is 5.91 Å². The van der Waals surface area contributed by atoms with E-state index in [1.54, 1.807) is 13.4 Å². The van der Waals surface area contributed by atoms with E-state index >= 15 is 0 Å². The molecule has 0 spiro atoms. The zero-order chi connectivity index (χ0) is 14.9. The first kappa shape index (κ1) is 14.6. The Morgan fingerprint density at radius 3 is 2.90 bits per heavy atom. The molecule has 1 saturated carbocycles. The highest BCUT2D eigenvalue weighted by Crippen LogP contribution is 2.36. The Morgan fingerprint density at radius 2 is 2.19 bits per heavy atom. The van der Waals surface area contributed by atoms with Gasteiger partial charge in [-0.15, -0.1) is 0 Å². The van der Waals surface area contributed by atoms with Gasteiger partial charge in [0, 0.05) is 19.2 Å². The summed E-state index contributed by atoms with van der Waals surface area (Å²) in [4.78, 5) is 12.3. The molecular weight excluding hydrogens is 266 g/mol. The van der Waals surface area contributed by atoms with Crippen LogP contribution in [0.3, 0.4) is 0 Å². The van der Waals surface area contributed by atoms with Crippen LogP contribution < -0.4 is 5.32 Å². The Labute approximate surface area is 126 Å². The molecule has 1 fully saturated rings. The molecule has 3 rings (SSSR count). The van der Waals surface area contributed by atoms with Crippen LogP contribution in [-0.2, 0) is 17.6 Å². The lowest BCUT2D eigenvalue weighted by Crippen LogP contribution is -2.39. The summed E-state index contributed by atoms with van der Waals surface area (Å²) < 4.78 is 10.9. The molecule has 0 aromatic carbocycles. The molecule has 2 aliphatic rings. The van der Waals surface area contributed by atoms with Gasteiger partial charge in [-0.3, -0.25) is 4.79 Å². The fourth-order valence-corrected chi connectivity index (χ4v) is 3.62. The first-order valence-electron chi connectivity index (χ1n) is 8.01. The third-order valence-electron chi connectivity index (χ3n) is 5.21. The summed E-state index contributed by atoms with van der Waals surface area (Å²) in [6.07, 6.45) is 9.66. The van der Waals surface area contributed by atoms with Crippen LogP contribution in [0.5, 0.6) is 0 Å². The standard InChI is InChI=1S/C17H25NO3/c1-17(8-6-13(20-2)7-9-17)11-18-16(19)15-14-5-3-4-12(14)10-21-15/h10,13H,3-9,11H2,1-2H3,(H,18,19). The van der Waals surface area contributed by atoms with Crippen molar-refractivity contribution in [2.45, 2.75) is 58.0 Å². The van der Waals surface area contributed by atoms with E-state index < -0.39 is 0 Å². The lowest BCUT2D eigenvalue weighted by atomic mass is 9.74. The largest absolute Gasteiger partial charge is 0.459 e. The highest BCUT2D eigenvalue weighted by Gasteiger charge is 2.32. The smallest absolute Gasteiger partial charge is 0.287 e. The predicted molar refractivity (Wildman–Crippen MR) is 80.4 cm³/mol. The van der Waals surface area contributed by atoms with Crippen LogP contribution >= 0.6 is 0 Å². The number of amides is 1. The molecule has 1 amide bonds. The number of fused-ring (bicyclic) bond motifs is 1. The number of hydrogen-bond acceptors (Lipinski definition) is 3. The van der Waals surface area contributed by atoms with E-state index in [-0.39, 0.29) is 11.3 Å². The molecule has 116 valence electrons. The van der Waals surface area contributed by atoms with E-state index in [0.29, 0.717) is 11.9 Å². The number of carbonyl (C=O) groups excluding carboxylic acids is 1. The number of nitrogens with one attached hydrogen (secondary N) is 1. The maximum atomic E-state index is 12.3. The molecule has 1 aromatic heterocycles. The minimum atomic E-state index is -0.0479. The second-order valence-electron chi connectivity index (χ2n) is 6.85. The molecule has 0 saturated heterocycles. The Hall–Kier alpha value is -1.29. The number of methoxy groups -OCH3 is 1. The van der Waals surface area contributed by atoms with Crippen LogP contribution in [0, 0.1) is 5.41 Å². The highest BCUT2D eigenvalue weighted by molar-refractivity contribution is 5.93. The molecule has 0 bridgehead atoms. The van der Waals surface area contributed by atoms with Gasteiger partial charge in [-0.2, -0.15) is 0 Å². The number of aryl methyl sites for hydroxylation is 1. The fraction of sp³-hybridized carbons (Fsp3) is 0.706. The van der Waals surface area contributed by atoms with Crippen LogP contribution in [0.1, 0.15) is 60.7 Å². The van der Waals surface area contributed by atoms with Crippen molar-refractivity contribution in [2.24, 2.45) is 5.41 Å². The van der Waals surface area contributed by atoms with Gasteiger partial charge in [0.15, 0.2) is 5.76 Å². The number of carbonyl (C=O) groups is 1. The van der Waals surface area contributed by atoms with Gasteiger partial charge in [0.05, 0.1) is 12.4 Å². The van der Waals surface area contributed by atoms with E-state index in [1.165, 1.54) is 5.56 Å². The molecule has 0 aliphatic heterocycles. The number of ether oxygens (including phenoxy) is 1. The maximum absolute atomic E-state index is 12.3. The molecule has 4 heteroatoms. The van der Waals surface area contributed by atoms with Gasteiger partial charge in [-0.25, -0.2) is 0 Å². The summed E-state index contributed by atoms with van der Waals surface area (Å²) in [5.41, 5.74) is 2.52. The molecule has 1 aromatic rings. The Kier molecular flexibility index (Phi) is 4.07. The number of rotatable bonds is 4. The van der Waals surface area contributed by atoms with E-state index in [2.05, 4.69) is 12.2 Å². The topological polar surface area (TPSA) is 51.5 Å². The normalized spacial score (nSPS) is 28.4. The van der Waals surface area contributed by atoms with Crippen molar-refractivity contribution in [3.05, 3.63) is 23.2 Å². The van der Waals surface area contributed by atoms with Gasteiger partial charge in [-0.1, -0.05) is 6.92 Å². The van der Waals surface area contributed by atoms with Crippen LogP contribution in [0.15, 0.2) is 10.7 Å². The average Bonchev–Trinajstić information content (AvgIpc) is 3.08.